The highest BCUT2D eigenvalue weighted by Crippen LogP contribution is 2.24. The smallest absolute Gasteiger partial charge is 0.222 e. The number of nitrogens with one attached hydrogen (secondary N) is 1. The van der Waals surface area contributed by atoms with Gasteiger partial charge in [0.2, 0.25) is 5.91 Å². The highest BCUT2D eigenvalue weighted by molar-refractivity contribution is 5.76. The molecule has 4 heteroatoms. The van der Waals surface area contributed by atoms with Gasteiger partial charge in [0.25, 0.3) is 0 Å². The Morgan fingerprint density at radius 3 is 2.44 bits per heavy atom. The second kappa shape index (κ2) is 7.10. The molecule has 0 spiro atoms. The molecule has 0 radical (unpaired) electrons. The molecule has 0 aromatic heterocycles. The first-order chi connectivity index (χ1) is 8.81. The lowest BCUT2D eigenvalue weighted by Gasteiger charge is -2.38. The van der Waals surface area contributed by atoms with E-state index in [1.165, 1.54) is 25.7 Å². The molecule has 2 aliphatic rings. The summed E-state index contributed by atoms with van der Waals surface area (Å²) >= 11 is 0. The van der Waals surface area contributed by atoms with Crippen molar-refractivity contribution in [1.82, 2.24) is 15.1 Å². The Hall–Kier alpha value is -0.610. The van der Waals surface area contributed by atoms with Crippen LogP contribution in [0.2, 0.25) is 0 Å². The predicted molar refractivity (Wildman–Crippen MR) is 73.6 cm³/mol. The lowest BCUT2D eigenvalue weighted by Crippen LogP contribution is -2.51. The lowest BCUT2D eigenvalue weighted by atomic mass is 10.1. The van der Waals surface area contributed by atoms with E-state index in [-0.39, 0.29) is 0 Å². The molecule has 104 valence electrons. The first-order valence-corrected chi connectivity index (χ1v) is 7.47. The van der Waals surface area contributed by atoms with E-state index in [1.807, 2.05) is 7.05 Å². The third-order valence-corrected chi connectivity index (χ3v) is 4.33. The van der Waals surface area contributed by atoms with Gasteiger partial charge < -0.3 is 10.2 Å². The average Bonchev–Trinajstić information content (AvgIpc) is 2.93. The number of amides is 1. The molecular formula is C14H27N3O. The second-order valence-electron chi connectivity index (χ2n) is 5.56. The number of hydrogen-bond donors (Lipinski definition) is 1. The molecule has 2 rings (SSSR count). The van der Waals surface area contributed by atoms with E-state index in [9.17, 15) is 4.79 Å². The summed E-state index contributed by atoms with van der Waals surface area (Å²) in [4.78, 5) is 16.6. The molecule has 1 aliphatic heterocycles. The van der Waals surface area contributed by atoms with Crippen molar-refractivity contribution in [2.75, 3.05) is 39.8 Å². The number of carbonyl (C=O) groups excluding carboxylic acids is 1. The van der Waals surface area contributed by atoms with Gasteiger partial charge in [0, 0.05) is 38.6 Å². The van der Waals surface area contributed by atoms with E-state index < -0.39 is 0 Å². The molecule has 0 aromatic rings. The molecule has 2 fully saturated rings. The van der Waals surface area contributed by atoms with Crippen molar-refractivity contribution >= 4 is 5.91 Å². The van der Waals surface area contributed by atoms with Gasteiger partial charge in [0.05, 0.1) is 0 Å². The number of piperazine rings is 1. The van der Waals surface area contributed by atoms with Crippen LogP contribution in [0.4, 0.5) is 0 Å². The van der Waals surface area contributed by atoms with E-state index in [2.05, 4.69) is 15.1 Å². The van der Waals surface area contributed by atoms with E-state index in [0.29, 0.717) is 12.3 Å². The monoisotopic (exact) mass is 253 g/mol. The molecule has 1 amide bonds. The topological polar surface area (TPSA) is 35.6 Å². The molecule has 0 bridgehead atoms. The van der Waals surface area contributed by atoms with Gasteiger partial charge in [0.15, 0.2) is 0 Å². The zero-order chi connectivity index (χ0) is 12.8. The molecule has 1 saturated carbocycles. The quantitative estimate of drug-likeness (QED) is 0.745. The standard InChI is InChI=1S/C14H27N3O/c1-15-8-4-7-14(18)17-11-9-16(10-12-17)13-5-2-3-6-13/h13,15H,2-12H2,1H3. The number of rotatable bonds is 5. The summed E-state index contributed by atoms with van der Waals surface area (Å²) in [5, 5.41) is 3.09. The molecule has 1 aliphatic carbocycles. The predicted octanol–water partition coefficient (Wildman–Crippen LogP) is 1.07. The molecule has 0 aromatic carbocycles. The lowest BCUT2D eigenvalue weighted by molar-refractivity contribution is -0.133. The van der Waals surface area contributed by atoms with Crippen LogP contribution >= 0.6 is 0 Å². The SMILES string of the molecule is CNCCCC(=O)N1CCN(C2CCCC2)CC1. The summed E-state index contributed by atoms with van der Waals surface area (Å²) in [5.74, 6) is 0.344. The van der Waals surface area contributed by atoms with Crippen LogP contribution in [0, 0.1) is 0 Å². The fraction of sp³-hybridized carbons (Fsp3) is 0.929. The summed E-state index contributed by atoms with van der Waals surface area (Å²) < 4.78 is 0. The van der Waals surface area contributed by atoms with Crippen LogP contribution in [-0.2, 0) is 4.79 Å². The van der Waals surface area contributed by atoms with Gasteiger partial charge in [0.1, 0.15) is 0 Å². The van der Waals surface area contributed by atoms with E-state index in [1.54, 1.807) is 0 Å². The first-order valence-electron chi connectivity index (χ1n) is 7.47. The molecule has 0 atom stereocenters. The maximum absolute atomic E-state index is 12.0. The summed E-state index contributed by atoms with van der Waals surface area (Å²) in [6.45, 7) is 4.99. The highest BCUT2D eigenvalue weighted by atomic mass is 16.2. The van der Waals surface area contributed by atoms with E-state index in [0.717, 1.165) is 45.2 Å². The first kappa shape index (κ1) is 13.8. The van der Waals surface area contributed by atoms with E-state index >= 15 is 0 Å². The number of nitrogens with zero attached hydrogens (tertiary/aromatic N) is 2. The van der Waals surface area contributed by atoms with Crippen molar-refractivity contribution in [3.63, 3.8) is 0 Å². The van der Waals surface area contributed by atoms with Gasteiger partial charge in [-0.1, -0.05) is 12.8 Å². The average molecular weight is 253 g/mol. The number of hydrogen-bond acceptors (Lipinski definition) is 3. The third-order valence-electron chi connectivity index (χ3n) is 4.33. The molecule has 0 unspecified atom stereocenters. The van der Waals surface area contributed by atoms with Crippen LogP contribution < -0.4 is 5.32 Å². The Balaban J connectivity index is 1.67. The van der Waals surface area contributed by atoms with Crippen LogP contribution in [0.5, 0.6) is 0 Å². The van der Waals surface area contributed by atoms with Gasteiger partial charge in [-0.3, -0.25) is 9.69 Å². The van der Waals surface area contributed by atoms with Crippen molar-refractivity contribution in [2.24, 2.45) is 0 Å². The second-order valence-corrected chi connectivity index (χ2v) is 5.56. The summed E-state index contributed by atoms with van der Waals surface area (Å²) in [5.41, 5.74) is 0. The van der Waals surface area contributed by atoms with Crippen molar-refractivity contribution in [2.45, 2.75) is 44.6 Å². The third kappa shape index (κ3) is 3.69. The van der Waals surface area contributed by atoms with Crippen LogP contribution in [-0.4, -0.2) is 61.5 Å². The fourth-order valence-electron chi connectivity index (χ4n) is 3.18. The minimum absolute atomic E-state index is 0.344. The van der Waals surface area contributed by atoms with Crippen LogP contribution in [0.25, 0.3) is 0 Å². The Morgan fingerprint density at radius 2 is 1.83 bits per heavy atom. The van der Waals surface area contributed by atoms with Gasteiger partial charge in [-0.15, -0.1) is 0 Å². The Labute approximate surface area is 111 Å². The minimum atomic E-state index is 0.344. The van der Waals surface area contributed by atoms with Crippen molar-refractivity contribution < 1.29 is 4.79 Å². The normalized spacial score (nSPS) is 22.6. The van der Waals surface area contributed by atoms with Gasteiger partial charge in [-0.05, 0) is 32.9 Å². The van der Waals surface area contributed by atoms with Crippen molar-refractivity contribution in [3.05, 3.63) is 0 Å². The van der Waals surface area contributed by atoms with Gasteiger partial charge in [-0.25, -0.2) is 0 Å². The maximum Gasteiger partial charge on any atom is 0.222 e. The molecule has 1 heterocycles. The Kier molecular flexibility index (Phi) is 5.45. The van der Waals surface area contributed by atoms with Gasteiger partial charge >= 0.3 is 0 Å². The molecular weight excluding hydrogens is 226 g/mol. The zero-order valence-electron chi connectivity index (χ0n) is 11.7. The maximum atomic E-state index is 12.0. The number of carbonyl (C=O) groups is 1. The zero-order valence-corrected chi connectivity index (χ0v) is 11.7. The van der Waals surface area contributed by atoms with Crippen molar-refractivity contribution in [3.8, 4) is 0 Å². The Bertz CT molecular complexity index is 256. The molecule has 4 nitrogen and oxygen atoms in total. The minimum Gasteiger partial charge on any atom is -0.340 e. The summed E-state index contributed by atoms with van der Waals surface area (Å²) in [6, 6.07) is 0.812. The largest absolute Gasteiger partial charge is 0.340 e. The van der Waals surface area contributed by atoms with Crippen molar-refractivity contribution in [1.29, 1.82) is 0 Å². The Morgan fingerprint density at radius 1 is 1.17 bits per heavy atom. The van der Waals surface area contributed by atoms with Crippen LogP contribution in [0.15, 0.2) is 0 Å². The highest BCUT2D eigenvalue weighted by Gasteiger charge is 2.27. The van der Waals surface area contributed by atoms with E-state index in [4.69, 9.17) is 0 Å². The fourth-order valence-corrected chi connectivity index (χ4v) is 3.18. The van der Waals surface area contributed by atoms with Crippen LogP contribution in [0.3, 0.4) is 0 Å². The van der Waals surface area contributed by atoms with Crippen LogP contribution in [0.1, 0.15) is 38.5 Å². The summed E-state index contributed by atoms with van der Waals surface area (Å²) in [6.07, 6.45) is 7.19. The van der Waals surface area contributed by atoms with Gasteiger partial charge in [-0.2, -0.15) is 0 Å². The molecule has 1 N–H and O–H groups in total. The molecule has 1 saturated heterocycles. The molecule has 18 heavy (non-hydrogen) atoms. The summed E-state index contributed by atoms with van der Waals surface area (Å²) in [7, 11) is 1.94.